The Labute approximate surface area is 100 Å². The van der Waals surface area contributed by atoms with Crippen molar-refractivity contribution in [3.05, 3.63) is 22.4 Å². The number of carbonyl (C=O) groups is 1. The summed E-state index contributed by atoms with van der Waals surface area (Å²) in [5, 5.41) is 13.7. The lowest BCUT2D eigenvalue weighted by Crippen LogP contribution is -2.29. The van der Waals surface area contributed by atoms with Crippen molar-refractivity contribution >= 4 is 17.2 Å². The minimum absolute atomic E-state index is 0.00552. The number of aliphatic hydroxyl groups excluding tert-OH is 1. The highest BCUT2D eigenvalue weighted by Gasteiger charge is 2.10. The molecule has 0 radical (unpaired) electrons. The molecule has 0 aliphatic carbocycles. The minimum atomic E-state index is -0.00552. The summed E-state index contributed by atoms with van der Waals surface area (Å²) in [5.74, 6) is 0.382. The molecule has 3 nitrogen and oxygen atoms in total. The standard InChI is InChI=1S/C12H19NO2S/c1-2-4-10(6-7-14)9-13-12(15)11-5-3-8-16-11/h3,5,8,10,14H,2,4,6-7,9H2,1H3,(H,13,15). The van der Waals surface area contributed by atoms with Crippen molar-refractivity contribution in [2.45, 2.75) is 26.2 Å². The first-order chi connectivity index (χ1) is 7.77. The van der Waals surface area contributed by atoms with Gasteiger partial charge in [0.05, 0.1) is 4.88 Å². The third-order valence-corrected chi connectivity index (χ3v) is 3.40. The monoisotopic (exact) mass is 241 g/mol. The van der Waals surface area contributed by atoms with E-state index in [-0.39, 0.29) is 12.5 Å². The first-order valence-corrected chi connectivity index (χ1v) is 6.58. The number of thiophene rings is 1. The van der Waals surface area contributed by atoms with Gasteiger partial charge in [0.15, 0.2) is 0 Å². The van der Waals surface area contributed by atoms with Crippen molar-refractivity contribution in [3.63, 3.8) is 0 Å². The summed E-state index contributed by atoms with van der Waals surface area (Å²) >= 11 is 1.45. The van der Waals surface area contributed by atoms with Gasteiger partial charge in [-0.25, -0.2) is 0 Å². The van der Waals surface area contributed by atoms with E-state index in [0.717, 1.165) is 24.1 Å². The Morgan fingerprint density at radius 3 is 2.94 bits per heavy atom. The van der Waals surface area contributed by atoms with Crippen LogP contribution < -0.4 is 5.32 Å². The minimum Gasteiger partial charge on any atom is -0.396 e. The Bertz CT molecular complexity index is 292. The maximum atomic E-state index is 11.7. The first-order valence-electron chi connectivity index (χ1n) is 5.70. The molecule has 0 fully saturated rings. The van der Waals surface area contributed by atoms with Gasteiger partial charge in [-0.3, -0.25) is 4.79 Å². The largest absolute Gasteiger partial charge is 0.396 e. The van der Waals surface area contributed by atoms with Crippen LogP contribution in [0.5, 0.6) is 0 Å². The van der Waals surface area contributed by atoms with Gasteiger partial charge in [-0.15, -0.1) is 11.3 Å². The zero-order chi connectivity index (χ0) is 11.8. The van der Waals surface area contributed by atoms with Crippen LogP contribution in [0.25, 0.3) is 0 Å². The molecule has 1 amide bonds. The van der Waals surface area contributed by atoms with Crippen molar-refractivity contribution in [3.8, 4) is 0 Å². The zero-order valence-electron chi connectivity index (χ0n) is 9.61. The van der Waals surface area contributed by atoms with E-state index < -0.39 is 0 Å². The van der Waals surface area contributed by atoms with Gasteiger partial charge in [0.1, 0.15) is 0 Å². The fourth-order valence-corrected chi connectivity index (χ4v) is 2.31. The van der Waals surface area contributed by atoms with Crippen LogP contribution in [0.15, 0.2) is 17.5 Å². The van der Waals surface area contributed by atoms with E-state index in [0.29, 0.717) is 12.5 Å². The summed E-state index contributed by atoms with van der Waals surface area (Å²) < 4.78 is 0. The Kier molecular flexibility index (Phi) is 6.11. The molecular formula is C12H19NO2S. The normalized spacial score (nSPS) is 12.4. The van der Waals surface area contributed by atoms with Crippen LogP contribution in [0.3, 0.4) is 0 Å². The summed E-state index contributed by atoms with van der Waals surface area (Å²) in [6.45, 7) is 2.97. The molecule has 4 heteroatoms. The molecule has 1 aromatic rings. The second-order valence-electron chi connectivity index (χ2n) is 3.85. The van der Waals surface area contributed by atoms with Gasteiger partial charge >= 0.3 is 0 Å². The number of aliphatic hydroxyl groups is 1. The highest BCUT2D eigenvalue weighted by molar-refractivity contribution is 7.12. The first kappa shape index (κ1) is 13.2. The van der Waals surface area contributed by atoms with Crippen LogP contribution in [0.1, 0.15) is 35.9 Å². The third kappa shape index (κ3) is 4.33. The maximum Gasteiger partial charge on any atom is 0.261 e. The van der Waals surface area contributed by atoms with Crippen LogP contribution in [0.2, 0.25) is 0 Å². The molecule has 1 unspecified atom stereocenters. The molecule has 0 aliphatic heterocycles. The average molecular weight is 241 g/mol. The molecule has 0 aromatic carbocycles. The van der Waals surface area contributed by atoms with E-state index in [1.54, 1.807) is 0 Å². The fourth-order valence-electron chi connectivity index (χ4n) is 1.67. The van der Waals surface area contributed by atoms with Gasteiger partial charge in [0, 0.05) is 13.2 Å². The maximum absolute atomic E-state index is 11.7. The highest BCUT2D eigenvalue weighted by Crippen LogP contribution is 2.11. The van der Waals surface area contributed by atoms with Crippen molar-refractivity contribution in [2.75, 3.05) is 13.2 Å². The Morgan fingerprint density at radius 1 is 1.56 bits per heavy atom. The van der Waals surface area contributed by atoms with Crippen LogP contribution in [-0.4, -0.2) is 24.2 Å². The van der Waals surface area contributed by atoms with Crippen molar-refractivity contribution in [1.82, 2.24) is 5.32 Å². The number of carbonyl (C=O) groups excluding carboxylic acids is 1. The molecule has 0 aliphatic rings. The number of rotatable bonds is 7. The summed E-state index contributed by atoms with van der Waals surface area (Å²) in [6, 6.07) is 3.69. The van der Waals surface area contributed by atoms with Gasteiger partial charge in [-0.1, -0.05) is 19.4 Å². The molecule has 0 spiro atoms. The van der Waals surface area contributed by atoms with Gasteiger partial charge in [-0.05, 0) is 30.2 Å². The number of hydrogen-bond acceptors (Lipinski definition) is 3. The lowest BCUT2D eigenvalue weighted by molar-refractivity contribution is 0.0947. The SMILES string of the molecule is CCCC(CCO)CNC(=O)c1cccs1. The lowest BCUT2D eigenvalue weighted by atomic mass is 10.0. The molecule has 1 heterocycles. The number of nitrogens with one attached hydrogen (secondary N) is 1. The molecule has 0 saturated heterocycles. The van der Waals surface area contributed by atoms with Crippen LogP contribution in [0.4, 0.5) is 0 Å². The smallest absolute Gasteiger partial charge is 0.261 e. The molecule has 1 rings (SSSR count). The van der Waals surface area contributed by atoms with Gasteiger partial charge in [0.2, 0.25) is 0 Å². The predicted molar refractivity (Wildman–Crippen MR) is 66.8 cm³/mol. The topological polar surface area (TPSA) is 49.3 Å². The van der Waals surface area contributed by atoms with E-state index in [4.69, 9.17) is 5.11 Å². The molecule has 0 bridgehead atoms. The second-order valence-corrected chi connectivity index (χ2v) is 4.80. The Morgan fingerprint density at radius 2 is 2.38 bits per heavy atom. The van der Waals surface area contributed by atoms with Gasteiger partial charge in [0.25, 0.3) is 5.91 Å². The van der Waals surface area contributed by atoms with Crippen LogP contribution in [0, 0.1) is 5.92 Å². The molecule has 1 aromatic heterocycles. The summed E-state index contributed by atoms with van der Waals surface area (Å²) in [7, 11) is 0. The molecule has 90 valence electrons. The molecule has 2 N–H and O–H groups in total. The highest BCUT2D eigenvalue weighted by atomic mass is 32.1. The van der Waals surface area contributed by atoms with Crippen molar-refractivity contribution in [1.29, 1.82) is 0 Å². The van der Waals surface area contributed by atoms with Crippen LogP contribution in [-0.2, 0) is 0 Å². The molecule has 0 saturated carbocycles. The fraction of sp³-hybridized carbons (Fsp3) is 0.583. The van der Waals surface area contributed by atoms with E-state index >= 15 is 0 Å². The van der Waals surface area contributed by atoms with E-state index in [1.807, 2.05) is 17.5 Å². The van der Waals surface area contributed by atoms with E-state index in [2.05, 4.69) is 12.2 Å². The molecule has 1 atom stereocenters. The van der Waals surface area contributed by atoms with Crippen molar-refractivity contribution in [2.24, 2.45) is 5.92 Å². The summed E-state index contributed by atoms with van der Waals surface area (Å²) in [4.78, 5) is 12.4. The second kappa shape index (κ2) is 7.41. The number of hydrogen-bond donors (Lipinski definition) is 2. The predicted octanol–water partition coefficient (Wildman–Crippen LogP) is 2.28. The summed E-state index contributed by atoms with van der Waals surface area (Å²) in [6.07, 6.45) is 2.89. The van der Waals surface area contributed by atoms with Gasteiger partial charge in [-0.2, -0.15) is 0 Å². The summed E-state index contributed by atoms with van der Waals surface area (Å²) in [5.41, 5.74) is 0. The Balaban J connectivity index is 2.34. The quantitative estimate of drug-likeness (QED) is 0.769. The zero-order valence-corrected chi connectivity index (χ0v) is 10.4. The van der Waals surface area contributed by atoms with Gasteiger partial charge < -0.3 is 10.4 Å². The van der Waals surface area contributed by atoms with Crippen LogP contribution >= 0.6 is 11.3 Å². The molecule has 16 heavy (non-hydrogen) atoms. The third-order valence-electron chi connectivity index (χ3n) is 2.53. The lowest BCUT2D eigenvalue weighted by Gasteiger charge is -2.15. The van der Waals surface area contributed by atoms with E-state index in [9.17, 15) is 4.79 Å². The number of amides is 1. The van der Waals surface area contributed by atoms with Crippen molar-refractivity contribution < 1.29 is 9.90 Å². The average Bonchev–Trinajstić information content (AvgIpc) is 2.79. The molecular weight excluding hydrogens is 222 g/mol. The van der Waals surface area contributed by atoms with E-state index in [1.165, 1.54) is 11.3 Å². The Hall–Kier alpha value is -0.870.